The lowest BCUT2D eigenvalue weighted by atomic mass is 10.00. The molecule has 0 aliphatic carbocycles. The van der Waals surface area contributed by atoms with E-state index in [1.165, 1.54) is 0 Å². The van der Waals surface area contributed by atoms with Crippen LogP contribution < -0.4 is 0 Å². The molecule has 2 nitrogen and oxygen atoms in total. The van der Waals surface area contributed by atoms with Crippen LogP contribution in [0, 0.1) is 12.8 Å². The Morgan fingerprint density at radius 3 is 2.43 bits per heavy atom. The van der Waals surface area contributed by atoms with E-state index in [-0.39, 0.29) is 5.75 Å². The number of aromatic hydroxyl groups is 2. The summed E-state index contributed by atoms with van der Waals surface area (Å²) in [5.74, 6) is 1.17. The van der Waals surface area contributed by atoms with Crippen LogP contribution in [0.4, 0.5) is 0 Å². The summed E-state index contributed by atoms with van der Waals surface area (Å²) in [7, 11) is 0. The Morgan fingerprint density at radius 2 is 1.86 bits per heavy atom. The van der Waals surface area contributed by atoms with Gasteiger partial charge >= 0.3 is 0 Å². The van der Waals surface area contributed by atoms with E-state index in [9.17, 15) is 10.2 Å². The second-order valence-corrected chi connectivity index (χ2v) is 4.20. The fourth-order valence-corrected chi connectivity index (χ4v) is 1.47. The SMILES string of the molecule is Cc1cc(O)cc(CCC(C)C)c1O. The average Bonchev–Trinajstić information content (AvgIpc) is 2.08. The predicted molar refractivity (Wildman–Crippen MR) is 57.7 cm³/mol. The van der Waals surface area contributed by atoms with Gasteiger partial charge in [0.2, 0.25) is 0 Å². The predicted octanol–water partition coefficient (Wildman–Crippen LogP) is 2.99. The number of phenols is 2. The molecule has 0 amide bonds. The van der Waals surface area contributed by atoms with Gasteiger partial charge in [-0.1, -0.05) is 13.8 Å². The molecule has 0 saturated carbocycles. The third-order valence-corrected chi connectivity index (χ3v) is 2.36. The van der Waals surface area contributed by atoms with Crippen molar-refractivity contribution in [3.63, 3.8) is 0 Å². The minimum Gasteiger partial charge on any atom is -0.508 e. The van der Waals surface area contributed by atoms with Gasteiger partial charge in [-0.3, -0.25) is 0 Å². The summed E-state index contributed by atoms with van der Waals surface area (Å²) in [6, 6.07) is 3.22. The van der Waals surface area contributed by atoms with Gasteiger partial charge in [0.05, 0.1) is 0 Å². The van der Waals surface area contributed by atoms with Gasteiger partial charge in [0, 0.05) is 0 Å². The Bertz CT molecular complexity index is 316. The molecule has 0 bridgehead atoms. The Labute approximate surface area is 85.2 Å². The summed E-state index contributed by atoms with van der Waals surface area (Å²) in [5, 5.41) is 19.1. The fourth-order valence-electron chi connectivity index (χ4n) is 1.47. The molecule has 2 N–H and O–H groups in total. The molecular formula is C12H18O2. The van der Waals surface area contributed by atoms with Gasteiger partial charge in [-0.2, -0.15) is 0 Å². The van der Waals surface area contributed by atoms with Crippen LogP contribution in [0.2, 0.25) is 0 Å². The zero-order chi connectivity index (χ0) is 10.7. The topological polar surface area (TPSA) is 40.5 Å². The maximum absolute atomic E-state index is 9.72. The molecule has 1 aromatic carbocycles. The molecule has 0 unspecified atom stereocenters. The second kappa shape index (κ2) is 4.36. The van der Waals surface area contributed by atoms with Gasteiger partial charge in [0.25, 0.3) is 0 Å². The minimum atomic E-state index is 0.235. The molecule has 78 valence electrons. The summed E-state index contributed by atoms with van der Waals surface area (Å²) in [5.41, 5.74) is 1.58. The smallest absolute Gasteiger partial charge is 0.121 e. The average molecular weight is 194 g/mol. The van der Waals surface area contributed by atoms with Gasteiger partial charge in [0.1, 0.15) is 11.5 Å². The van der Waals surface area contributed by atoms with Crippen molar-refractivity contribution in [3.8, 4) is 11.5 Å². The van der Waals surface area contributed by atoms with Gasteiger partial charge in [-0.15, -0.1) is 0 Å². The van der Waals surface area contributed by atoms with Crippen LogP contribution in [0.15, 0.2) is 12.1 Å². The second-order valence-electron chi connectivity index (χ2n) is 4.20. The lowest BCUT2D eigenvalue weighted by molar-refractivity contribution is 0.446. The fraction of sp³-hybridized carbons (Fsp3) is 0.500. The van der Waals surface area contributed by atoms with Crippen molar-refractivity contribution in [2.24, 2.45) is 5.92 Å². The Hall–Kier alpha value is -1.18. The van der Waals surface area contributed by atoms with E-state index < -0.39 is 0 Å². The molecular weight excluding hydrogens is 176 g/mol. The number of benzene rings is 1. The highest BCUT2D eigenvalue weighted by Gasteiger charge is 2.07. The minimum absolute atomic E-state index is 0.235. The molecule has 0 radical (unpaired) electrons. The van der Waals surface area contributed by atoms with Crippen LogP contribution in [-0.2, 0) is 6.42 Å². The molecule has 1 aromatic rings. The number of phenolic OH excluding ortho intramolecular Hbond substituents is 2. The van der Waals surface area contributed by atoms with Crippen LogP contribution in [0.1, 0.15) is 31.4 Å². The summed E-state index contributed by atoms with van der Waals surface area (Å²) in [6.45, 7) is 6.09. The van der Waals surface area contributed by atoms with Crippen LogP contribution in [0.25, 0.3) is 0 Å². The van der Waals surface area contributed by atoms with Crippen LogP contribution in [0.3, 0.4) is 0 Å². The van der Waals surface area contributed by atoms with Crippen molar-refractivity contribution in [1.82, 2.24) is 0 Å². The Morgan fingerprint density at radius 1 is 1.21 bits per heavy atom. The first-order valence-corrected chi connectivity index (χ1v) is 5.02. The lowest BCUT2D eigenvalue weighted by Gasteiger charge is -2.09. The molecule has 0 saturated heterocycles. The number of hydrogen-bond acceptors (Lipinski definition) is 2. The molecule has 0 fully saturated rings. The van der Waals surface area contributed by atoms with Crippen molar-refractivity contribution in [1.29, 1.82) is 0 Å². The van der Waals surface area contributed by atoms with Gasteiger partial charge < -0.3 is 10.2 Å². The van der Waals surface area contributed by atoms with E-state index in [2.05, 4.69) is 13.8 Å². The highest BCUT2D eigenvalue weighted by atomic mass is 16.3. The first-order chi connectivity index (χ1) is 6.50. The molecule has 2 heteroatoms. The highest BCUT2D eigenvalue weighted by Crippen LogP contribution is 2.28. The zero-order valence-corrected chi connectivity index (χ0v) is 9.04. The van der Waals surface area contributed by atoms with Gasteiger partial charge in [0.15, 0.2) is 0 Å². The van der Waals surface area contributed by atoms with Crippen LogP contribution in [0.5, 0.6) is 11.5 Å². The molecule has 0 heterocycles. The Kier molecular flexibility index (Phi) is 3.39. The summed E-state index contributed by atoms with van der Waals surface area (Å²) in [4.78, 5) is 0. The third-order valence-electron chi connectivity index (χ3n) is 2.36. The molecule has 0 spiro atoms. The molecule has 14 heavy (non-hydrogen) atoms. The number of rotatable bonds is 3. The van der Waals surface area contributed by atoms with Gasteiger partial charge in [-0.05, 0) is 48.9 Å². The summed E-state index contributed by atoms with van der Waals surface area (Å²) >= 11 is 0. The number of aryl methyl sites for hydroxylation is 2. The molecule has 0 aromatic heterocycles. The molecule has 0 aliphatic heterocycles. The van der Waals surface area contributed by atoms with E-state index >= 15 is 0 Å². The maximum Gasteiger partial charge on any atom is 0.121 e. The van der Waals surface area contributed by atoms with E-state index in [1.54, 1.807) is 19.1 Å². The quantitative estimate of drug-likeness (QED) is 0.726. The first-order valence-electron chi connectivity index (χ1n) is 5.02. The molecule has 0 atom stereocenters. The van der Waals surface area contributed by atoms with Crippen molar-refractivity contribution < 1.29 is 10.2 Å². The van der Waals surface area contributed by atoms with Crippen LogP contribution >= 0.6 is 0 Å². The summed E-state index contributed by atoms with van der Waals surface area (Å²) < 4.78 is 0. The van der Waals surface area contributed by atoms with E-state index in [0.717, 1.165) is 24.0 Å². The van der Waals surface area contributed by atoms with Crippen molar-refractivity contribution in [3.05, 3.63) is 23.3 Å². The largest absolute Gasteiger partial charge is 0.508 e. The van der Waals surface area contributed by atoms with Crippen molar-refractivity contribution >= 4 is 0 Å². The monoisotopic (exact) mass is 194 g/mol. The van der Waals surface area contributed by atoms with Crippen molar-refractivity contribution in [2.45, 2.75) is 33.6 Å². The third kappa shape index (κ3) is 2.66. The summed E-state index contributed by atoms with van der Waals surface area (Å²) in [6.07, 6.45) is 1.84. The molecule has 0 aliphatic rings. The van der Waals surface area contributed by atoms with Crippen LogP contribution in [-0.4, -0.2) is 10.2 Å². The highest BCUT2D eigenvalue weighted by molar-refractivity contribution is 5.45. The van der Waals surface area contributed by atoms with Gasteiger partial charge in [-0.25, -0.2) is 0 Å². The van der Waals surface area contributed by atoms with E-state index in [1.807, 2.05) is 0 Å². The normalized spacial score (nSPS) is 10.9. The zero-order valence-electron chi connectivity index (χ0n) is 9.04. The first kappa shape index (κ1) is 10.9. The Balaban J connectivity index is 2.85. The maximum atomic E-state index is 9.72. The number of hydrogen-bond donors (Lipinski definition) is 2. The van der Waals surface area contributed by atoms with E-state index in [0.29, 0.717) is 11.7 Å². The lowest BCUT2D eigenvalue weighted by Crippen LogP contribution is -1.93. The standard InChI is InChI=1S/C12H18O2/c1-8(2)4-5-10-7-11(13)6-9(3)12(10)14/h6-8,13-14H,4-5H2,1-3H3. The molecule has 1 rings (SSSR count). The van der Waals surface area contributed by atoms with Crippen molar-refractivity contribution in [2.75, 3.05) is 0 Å². The van der Waals surface area contributed by atoms with E-state index in [4.69, 9.17) is 0 Å².